The maximum atomic E-state index is 13.5. The summed E-state index contributed by atoms with van der Waals surface area (Å²) in [6.45, 7) is 3.86. The van der Waals surface area contributed by atoms with Gasteiger partial charge in [-0.25, -0.2) is 14.4 Å². The van der Waals surface area contributed by atoms with Gasteiger partial charge >= 0.3 is 0 Å². The van der Waals surface area contributed by atoms with Crippen molar-refractivity contribution < 1.29 is 4.39 Å². The molecule has 1 aliphatic carbocycles. The van der Waals surface area contributed by atoms with Gasteiger partial charge in [0.05, 0.1) is 10.6 Å². The number of allylic oxidation sites excluding steroid dienone is 1. The second-order valence-electron chi connectivity index (χ2n) is 6.04. The summed E-state index contributed by atoms with van der Waals surface area (Å²) in [6.07, 6.45) is 9.98. The predicted octanol–water partition coefficient (Wildman–Crippen LogP) is 5.28. The van der Waals surface area contributed by atoms with Gasteiger partial charge < -0.3 is 0 Å². The number of hydrogen-bond acceptors (Lipinski definition) is 2. The fourth-order valence-electron chi connectivity index (χ4n) is 2.86. The van der Waals surface area contributed by atoms with E-state index >= 15 is 0 Å². The SMILES string of the molecule is C=C[C@H]1CC[C@H](C#Cc2cnc(-c3ccc(Cl)c(F)c3)nc2)CC1. The summed E-state index contributed by atoms with van der Waals surface area (Å²) in [6, 6.07) is 4.54. The second-order valence-corrected chi connectivity index (χ2v) is 6.45. The highest BCUT2D eigenvalue weighted by Gasteiger charge is 2.17. The van der Waals surface area contributed by atoms with E-state index in [-0.39, 0.29) is 5.02 Å². The molecule has 0 spiro atoms. The fourth-order valence-corrected chi connectivity index (χ4v) is 2.98. The van der Waals surface area contributed by atoms with Crippen LogP contribution in [0.3, 0.4) is 0 Å². The highest BCUT2D eigenvalue weighted by atomic mass is 35.5. The monoisotopic (exact) mass is 340 g/mol. The van der Waals surface area contributed by atoms with E-state index in [1.165, 1.54) is 25.0 Å². The number of halogens is 2. The van der Waals surface area contributed by atoms with Crippen LogP contribution in [0, 0.1) is 29.5 Å². The zero-order valence-electron chi connectivity index (χ0n) is 13.3. The van der Waals surface area contributed by atoms with Crippen LogP contribution in [0.2, 0.25) is 5.02 Å². The van der Waals surface area contributed by atoms with E-state index in [2.05, 4.69) is 34.5 Å². The molecule has 0 atom stereocenters. The molecular weight excluding hydrogens is 323 g/mol. The topological polar surface area (TPSA) is 25.8 Å². The largest absolute Gasteiger partial charge is 0.235 e. The lowest BCUT2D eigenvalue weighted by Crippen LogP contribution is -2.11. The Labute approximate surface area is 146 Å². The molecule has 0 unspecified atom stereocenters. The predicted molar refractivity (Wildman–Crippen MR) is 95.0 cm³/mol. The van der Waals surface area contributed by atoms with E-state index in [0.717, 1.165) is 18.4 Å². The Balaban J connectivity index is 1.68. The maximum Gasteiger partial charge on any atom is 0.159 e. The van der Waals surface area contributed by atoms with Crippen LogP contribution in [-0.2, 0) is 0 Å². The van der Waals surface area contributed by atoms with Gasteiger partial charge in [-0.1, -0.05) is 29.5 Å². The van der Waals surface area contributed by atoms with Crippen LogP contribution in [-0.4, -0.2) is 9.97 Å². The summed E-state index contributed by atoms with van der Waals surface area (Å²) >= 11 is 5.69. The molecule has 0 radical (unpaired) electrons. The first-order valence-corrected chi connectivity index (χ1v) is 8.45. The molecule has 0 amide bonds. The molecule has 1 aliphatic rings. The molecule has 24 heavy (non-hydrogen) atoms. The molecular formula is C20H18ClFN2. The van der Waals surface area contributed by atoms with Crippen molar-refractivity contribution in [3.63, 3.8) is 0 Å². The van der Waals surface area contributed by atoms with Crippen LogP contribution in [0.4, 0.5) is 4.39 Å². The van der Waals surface area contributed by atoms with Crippen LogP contribution >= 0.6 is 11.6 Å². The lowest BCUT2D eigenvalue weighted by molar-refractivity contribution is 0.365. The molecule has 0 aliphatic heterocycles. The Kier molecular flexibility index (Phi) is 5.27. The molecule has 0 saturated heterocycles. The summed E-state index contributed by atoms with van der Waals surface area (Å²) in [4.78, 5) is 8.54. The fraction of sp³-hybridized carbons (Fsp3) is 0.300. The molecule has 2 aromatic rings. The Hall–Kier alpha value is -2.18. The van der Waals surface area contributed by atoms with Gasteiger partial charge in [0.15, 0.2) is 5.82 Å². The number of benzene rings is 1. The first-order chi connectivity index (χ1) is 11.7. The molecule has 1 saturated carbocycles. The van der Waals surface area contributed by atoms with E-state index in [9.17, 15) is 4.39 Å². The lowest BCUT2D eigenvalue weighted by atomic mass is 9.82. The highest BCUT2D eigenvalue weighted by molar-refractivity contribution is 6.30. The number of nitrogens with zero attached hydrogens (tertiary/aromatic N) is 2. The smallest absolute Gasteiger partial charge is 0.159 e. The third kappa shape index (κ3) is 4.01. The van der Waals surface area contributed by atoms with Gasteiger partial charge in [-0.15, -0.1) is 6.58 Å². The quantitative estimate of drug-likeness (QED) is 0.549. The van der Waals surface area contributed by atoms with Gasteiger partial charge in [0.1, 0.15) is 5.82 Å². The standard InChI is InChI=1S/C20H18ClFN2/c1-2-14-3-5-15(6-4-14)7-8-16-12-23-20(24-13-16)17-9-10-18(21)19(22)11-17/h2,9-15H,1,3-6H2/t14-,15-. The van der Waals surface area contributed by atoms with Crippen LogP contribution in [0.25, 0.3) is 11.4 Å². The molecule has 122 valence electrons. The Morgan fingerprint density at radius 3 is 2.50 bits per heavy atom. The van der Waals surface area contributed by atoms with E-state index in [1.54, 1.807) is 18.5 Å². The molecule has 4 heteroatoms. The molecule has 1 heterocycles. The molecule has 2 nitrogen and oxygen atoms in total. The average molecular weight is 341 g/mol. The summed E-state index contributed by atoms with van der Waals surface area (Å²) in [5.41, 5.74) is 1.37. The van der Waals surface area contributed by atoms with Crippen molar-refractivity contribution in [3.8, 4) is 23.2 Å². The van der Waals surface area contributed by atoms with E-state index in [0.29, 0.717) is 23.2 Å². The zero-order valence-corrected chi connectivity index (χ0v) is 14.1. The molecule has 1 aromatic heterocycles. The Morgan fingerprint density at radius 2 is 1.88 bits per heavy atom. The normalized spacial score (nSPS) is 20.1. The van der Waals surface area contributed by atoms with Crippen LogP contribution in [0.15, 0.2) is 43.2 Å². The average Bonchev–Trinajstić information content (AvgIpc) is 2.63. The Bertz CT molecular complexity index is 782. The van der Waals surface area contributed by atoms with Crippen molar-refractivity contribution in [1.29, 1.82) is 0 Å². The van der Waals surface area contributed by atoms with Crippen molar-refractivity contribution in [3.05, 3.63) is 59.7 Å². The van der Waals surface area contributed by atoms with Gasteiger partial charge in [-0.3, -0.25) is 0 Å². The van der Waals surface area contributed by atoms with Gasteiger partial charge in [0.2, 0.25) is 0 Å². The van der Waals surface area contributed by atoms with Crippen molar-refractivity contribution >= 4 is 11.6 Å². The summed E-state index contributed by atoms with van der Waals surface area (Å²) < 4.78 is 13.5. The highest BCUT2D eigenvalue weighted by Crippen LogP contribution is 2.28. The number of aromatic nitrogens is 2. The van der Waals surface area contributed by atoms with E-state index < -0.39 is 5.82 Å². The van der Waals surface area contributed by atoms with Crippen LogP contribution in [0.1, 0.15) is 31.2 Å². The molecule has 1 fully saturated rings. The minimum atomic E-state index is -0.475. The summed E-state index contributed by atoms with van der Waals surface area (Å²) in [5.74, 6) is 7.53. The van der Waals surface area contributed by atoms with E-state index in [1.807, 2.05) is 0 Å². The Morgan fingerprint density at radius 1 is 1.17 bits per heavy atom. The van der Waals surface area contributed by atoms with Crippen molar-refractivity contribution in [2.45, 2.75) is 25.7 Å². The molecule has 3 rings (SSSR count). The van der Waals surface area contributed by atoms with E-state index in [4.69, 9.17) is 11.6 Å². The first-order valence-electron chi connectivity index (χ1n) is 8.07. The minimum Gasteiger partial charge on any atom is -0.235 e. The summed E-state index contributed by atoms with van der Waals surface area (Å²) in [7, 11) is 0. The van der Waals surface area contributed by atoms with Gasteiger partial charge in [0.25, 0.3) is 0 Å². The lowest BCUT2D eigenvalue weighted by Gasteiger charge is -2.22. The first kappa shape index (κ1) is 16.7. The van der Waals surface area contributed by atoms with Crippen LogP contribution < -0.4 is 0 Å². The molecule has 0 bridgehead atoms. The van der Waals surface area contributed by atoms with Crippen molar-refractivity contribution in [2.75, 3.05) is 0 Å². The minimum absolute atomic E-state index is 0.0902. The summed E-state index contributed by atoms with van der Waals surface area (Å²) in [5, 5.41) is 0.0902. The third-order valence-corrected chi connectivity index (χ3v) is 4.66. The van der Waals surface area contributed by atoms with Crippen molar-refractivity contribution in [1.82, 2.24) is 9.97 Å². The second kappa shape index (κ2) is 7.59. The zero-order chi connectivity index (χ0) is 16.9. The number of rotatable bonds is 2. The maximum absolute atomic E-state index is 13.5. The molecule has 0 N–H and O–H groups in total. The van der Waals surface area contributed by atoms with Gasteiger partial charge in [-0.05, 0) is 49.8 Å². The van der Waals surface area contributed by atoms with Crippen LogP contribution in [0.5, 0.6) is 0 Å². The third-order valence-electron chi connectivity index (χ3n) is 4.36. The van der Waals surface area contributed by atoms with Gasteiger partial charge in [0, 0.05) is 23.9 Å². The number of hydrogen-bond donors (Lipinski definition) is 0. The van der Waals surface area contributed by atoms with Gasteiger partial charge in [-0.2, -0.15) is 0 Å². The van der Waals surface area contributed by atoms with Crippen molar-refractivity contribution in [2.24, 2.45) is 11.8 Å². The molecule has 1 aromatic carbocycles.